The first-order valence-corrected chi connectivity index (χ1v) is 9.09. The summed E-state index contributed by atoms with van der Waals surface area (Å²) in [6.07, 6.45) is 5.60. The van der Waals surface area contributed by atoms with Crippen molar-refractivity contribution in [3.8, 4) is 0 Å². The lowest BCUT2D eigenvalue weighted by molar-refractivity contribution is -0.120. The van der Waals surface area contributed by atoms with E-state index < -0.39 is 0 Å². The van der Waals surface area contributed by atoms with E-state index >= 15 is 0 Å². The van der Waals surface area contributed by atoms with Crippen molar-refractivity contribution < 1.29 is 14.0 Å². The summed E-state index contributed by atoms with van der Waals surface area (Å²) in [4.78, 5) is 23.7. The lowest BCUT2D eigenvalue weighted by Crippen LogP contribution is -2.46. The van der Waals surface area contributed by atoms with E-state index in [0.29, 0.717) is 18.2 Å². The van der Waals surface area contributed by atoms with E-state index in [2.05, 4.69) is 40.2 Å². The van der Waals surface area contributed by atoms with Crippen molar-refractivity contribution in [1.82, 2.24) is 16.0 Å². The van der Waals surface area contributed by atoms with Crippen LogP contribution in [0.1, 0.15) is 42.9 Å². The molecular formula is C20H25N3O3. The van der Waals surface area contributed by atoms with Crippen LogP contribution in [0.25, 0.3) is 0 Å². The Hall–Kier alpha value is -2.76. The molecule has 1 aliphatic carbocycles. The number of carbonyl (C=O) groups excluding carboxylic acids is 2. The molecular weight excluding hydrogens is 330 g/mol. The smallest absolute Gasteiger partial charge is 0.315 e. The molecule has 0 bridgehead atoms. The summed E-state index contributed by atoms with van der Waals surface area (Å²) in [7, 11) is 0. The fourth-order valence-corrected chi connectivity index (χ4v) is 3.35. The number of hydrogen-bond donors (Lipinski definition) is 3. The first kappa shape index (κ1) is 18.0. The van der Waals surface area contributed by atoms with Crippen LogP contribution in [-0.2, 0) is 11.3 Å². The Bertz CT molecular complexity index is 692. The van der Waals surface area contributed by atoms with Crippen LogP contribution in [-0.4, -0.2) is 24.5 Å². The Morgan fingerprint density at radius 1 is 0.962 bits per heavy atom. The number of carbonyl (C=O) groups is 2. The molecule has 0 radical (unpaired) electrons. The molecule has 0 aliphatic heterocycles. The molecule has 1 saturated carbocycles. The van der Waals surface area contributed by atoms with Crippen LogP contribution in [0.3, 0.4) is 0 Å². The first-order valence-electron chi connectivity index (χ1n) is 9.09. The number of amides is 3. The average Bonchev–Trinajstić information content (AvgIpc) is 3.20. The highest BCUT2D eigenvalue weighted by atomic mass is 16.3. The van der Waals surface area contributed by atoms with Crippen molar-refractivity contribution in [1.29, 1.82) is 0 Å². The van der Waals surface area contributed by atoms with Crippen molar-refractivity contribution in [2.24, 2.45) is 0 Å². The van der Waals surface area contributed by atoms with Crippen LogP contribution in [0.4, 0.5) is 4.79 Å². The quantitative estimate of drug-likeness (QED) is 0.745. The monoisotopic (exact) mass is 355 g/mol. The third-order valence-electron chi connectivity index (χ3n) is 4.78. The lowest BCUT2D eigenvalue weighted by atomic mass is 9.82. The molecule has 0 spiro atoms. The van der Waals surface area contributed by atoms with Crippen molar-refractivity contribution in [2.45, 2.75) is 44.2 Å². The second kappa shape index (κ2) is 9.08. The molecule has 138 valence electrons. The molecule has 6 heteroatoms. The Balaban J connectivity index is 1.32. The largest absolute Gasteiger partial charge is 0.467 e. The van der Waals surface area contributed by atoms with Crippen LogP contribution in [0.15, 0.2) is 53.1 Å². The van der Waals surface area contributed by atoms with E-state index in [-0.39, 0.29) is 24.5 Å². The molecule has 1 aliphatic rings. The maximum atomic E-state index is 12.0. The fraction of sp³-hybridized carbons (Fsp3) is 0.400. The van der Waals surface area contributed by atoms with E-state index in [9.17, 15) is 9.59 Å². The second-order valence-electron chi connectivity index (χ2n) is 6.64. The van der Waals surface area contributed by atoms with Gasteiger partial charge < -0.3 is 20.4 Å². The van der Waals surface area contributed by atoms with Gasteiger partial charge in [-0.05, 0) is 49.3 Å². The average molecular weight is 355 g/mol. The zero-order valence-corrected chi connectivity index (χ0v) is 14.7. The number of hydrogen-bond acceptors (Lipinski definition) is 3. The van der Waals surface area contributed by atoms with E-state index in [0.717, 1.165) is 25.7 Å². The molecule has 0 saturated heterocycles. The summed E-state index contributed by atoms with van der Waals surface area (Å²) < 4.78 is 5.14. The summed E-state index contributed by atoms with van der Waals surface area (Å²) in [5, 5.41) is 8.27. The molecule has 0 unspecified atom stereocenters. The highest BCUT2D eigenvalue weighted by Gasteiger charge is 2.23. The van der Waals surface area contributed by atoms with Gasteiger partial charge >= 0.3 is 6.03 Å². The normalized spacial score (nSPS) is 19.5. The van der Waals surface area contributed by atoms with Crippen LogP contribution in [0.2, 0.25) is 0 Å². The Morgan fingerprint density at radius 2 is 1.73 bits per heavy atom. The molecule has 1 aromatic heterocycles. The number of benzene rings is 1. The summed E-state index contributed by atoms with van der Waals surface area (Å²) >= 11 is 0. The lowest BCUT2D eigenvalue weighted by Gasteiger charge is -2.29. The summed E-state index contributed by atoms with van der Waals surface area (Å²) in [5.74, 6) is 1.01. The number of urea groups is 1. The zero-order chi connectivity index (χ0) is 18.2. The van der Waals surface area contributed by atoms with Gasteiger partial charge in [-0.2, -0.15) is 0 Å². The van der Waals surface area contributed by atoms with Gasteiger partial charge in [0.25, 0.3) is 0 Å². The number of furan rings is 1. The molecule has 3 amide bonds. The van der Waals surface area contributed by atoms with Crippen molar-refractivity contribution in [2.75, 3.05) is 6.54 Å². The SMILES string of the molecule is O=C(CNC(=O)NC1CCC(c2ccccc2)CC1)NCc1ccco1. The van der Waals surface area contributed by atoms with E-state index in [1.54, 1.807) is 18.4 Å². The van der Waals surface area contributed by atoms with E-state index in [4.69, 9.17) is 4.42 Å². The predicted molar refractivity (Wildman–Crippen MR) is 98.5 cm³/mol. The standard InChI is InChI=1S/C20H25N3O3/c24-19(21-13-18-7-4-12-26-18)14-22-20(25)23-17-10-8-16(9-11-17)15-5-2-1-3-6-15/h1-7,12,16-17H,8-11,13-14H2,(H,21,24)(H2,22,23,25). The second-order valence-corrected chi connectivity index (χ2v) is 6.64. The third kappa shape index (κ3) is 5.37. The van der Waals surface area contributed by atoms with Gasteiger partial charge in [0.2, 0.25) is 5.91 Å². The van der Waals surface area contributed by atoms with Gasteiger partial charge in [-0.25, -0.2) is 4.79 Å². The van der Waals surface area contributed by atoms with Gasteiger partial charge in [-0.1, -0.05) is 30.3 Å². The third-order valence-corrected chi connectivity index (χ3v) is 4.78. The minimum Gasteiger partial charge on any atom is -0.467 e. The Kier molecular flexibility index (Phi) is 6.30. The minimum absolute atomic E-state index is 0.0497. The van der Waals surface area contributed by atoms with Gasteiger partial charge in [0.05, 0.1) is 19.4 Å². The van der Waals surface area contributed by atoms with Crippen LogP contribution in [0.5, 0.6) is 0 Å². The highest BCUT2D eigenvalue weighted by Crippen LogP contribution is 2.32. The van der Waals surface area contributed by atoms with Gasteiger partial charge in [0, 0.05) is 6.04 Å². The summed E-state index contributed by atoms with van der Waals surface area (Å²) in [6.45, 7) is 0.268. The maximum absolute atomic E-state index is 12.0. The first-order chi connectivity index (χ1) is 12.7. The molecule has 1 fully saturated rings. The topological polar surface area (TPSA) is 83.4 Å². The van der Waals surface area contributed by atoms with E-state index in [1.165, 1.54) is 5.56 Å². The van der Waals surface area contributed by atoms with Crippen LogP contribution < -0.4 is 16.0 Å². The van der Waals surface area contributed by atoms with E-state index in [1.807, 2.05) is 6.07 Å². The number of rotatable bonds is 6. The fourth-order valence-electron chi connectivity index (χ4n) is 3.35. The molecule has 3 N–H and O–H groups in total. The van der Waals surface area contributed by atoms with Crippen LogP contribution in [0, 0.1) is 0 Å². The summed E-state index contributed by atoms with van der Waals surface area (Å²) in [5.41, 5.74) is 1.38. The zero-order valence-electron chi connectivity index (χ0n) is 14.7. The molecule has 1 heterocycles. The van der Waals surface area contributed by atoms with Crippen molar-refractivity contribution in [3.05, 3.63) is 60.1 Å². The maximum Gasteiger partial charge on any atom is 0.315 e. The predicted octanol–water partition coefficient (Wildman–Crippen LogP) is 2.92. The van der Waals surface area contributed by atoms with Gasteiger partial charge in [0.15, 0.2) is 0 Å². The molecule has 0 atom stereocenters. The Labute approximate surface area is 153 Å². The Morgan fingerprint density at radius 3 is 2.42 bits per heavy atom. The van der Waals surface area contributed by atoms with Gasteiger partial charge in [-0.3, -0.25) is 4.79 Å². The molecule has 6 nitrogen and oxygen atoms in total. The molecule has 2 aromatic rings. The molecule has 26 heavy (non-hydrogen) atoms. The van der Waals surface area contributed by atoms with Crippen molar-refractivity contribution in [3.63, 3.8) is 0 Å². The van der Waals surface area contributed by atoms with Gasteiger partial charge in [0.1, 0.15) is 5.76 Å². The summed E-state index contributed by atoms with van der Waals surface area (Å²) in [6, 6.07) is 14.0. The molecule has 1 aromatic carbocycles. The van der Waals surface area contributed by atoms with Gasteiger partial charge in [-0.15, -0.1) is 0 Å². The molecule has 3 rings (SSSR count). The van der Waals surface area contributed by atoms with Crippen molar-refractivity contribution >= 4 is 11.9 Å². The van der Waals surface area contributed by atoms with Crippen LogP contribution >= 0.6 is 0 Å². The minimum atomic E-state index is -0.290. The number of nitrogens with one attached hydrogen (secondary N) is 3. The highest BCUT2D eigenvalue weighted by molar-refractivity contribution is 5.83.